The molecular formula is C12H13ClO3S. The Labute approximate surface area is 109 Å². The lowest BCUT2D eigenvalue weighted by atomic mass is 9.77. The van der Waals surface area contributed by atoms with E-state index in [1.165, 1.54) is 18.4 Å². The molecule has 0 aromatic carbocycles. The molecule has 1 aliphatic carbocycles. The number of carbonyl (C=O) groups excluding carboxylic acids is 2. The van der Waals surface area contributed by atoms with Gasteiger partial charge in [0, 0.05) is 17.2 Å². The van der Waals surface area contributed by atoms with Crippen molar-refractivity contribution in [3.8, 4) is 0 Å². The zero-order chi connectivity index (χ0) is 12.4. The van der Waals surface area contributed by atoms with Gasteiger partial charge >= 0.3 is 5.97 Å². The summed E-state index contributed by atoms with van der Waals surface area (Å²) in [5.74, 6) is -1.16. The summed E-state index contributed by atoms with van der Waals surface area (Å²) in [6.07, 6.45) is 2.13. The standard InChI is InChI=1S/C12H13ClO3S/c1-16-12(15)11-7(3-2-4-8(11)14)9-5-6-10(13)17-9/h5-7,11H,2-4H2,1H3. The number of ketones is 1. The molecule has 2 atom stereocenters. The number of esters is 1. The van der Waals surface area contributed by atoms with Crippen LogP contribution < -0.4 is 0 Å². The molecule has 2 unspecified atom stereocenters. The van der Waals surface area contributed by atoms with E-state index in [1.54, 1.807) is 6.07 Å². The Bertz CT molecular complexity index is 433. The second kappa shape index (κ2) is 5.19. The Morgan fingerprint density at radius 3 is 2.88 bits per heavy atom. The van der Waals surface area contributed by atoms with E-state index >= 15 is 0 Å². The van der Waals surface area contributed by atoms with E-state index < -0.39 is 11.9 Å². The van der Waals surface area contributed by atoms with Crippen molar-refractivity contribution in [2.75, 3.05) is 7.11 Å². The van der Waals surface area contributed by atoms with Crippen LogP contribution in [0.3, 0.4) is 0 Å². The molecular weight excluding hydrogens is 260 g/mol. The molecule has 2 rings (SSSR count). The van der Waals surface area contributed by atoms with Gasteiger partial charge in [0.15, 0.2) is 0 Å². The van der Waals surface area contributed by atoms with Crippen LogP contribution in [0, 0.1) is 5.92 Å². The first-order chi connectivity index (χ1) is 8.13. The van der Waals surface area contributed by atoms with Gasteiger partial charge in [0.05, 0.1) is 11.4 Å². The number of halogens is 1. The Balaban J connectivity index is 2.29. The van der Waals surface area contributed by atoms with Crippen LogP contribution in [-0.4, -0.2) is 18.9 Å². The zero-order valence-electron chi connectivity index (χ0n) is 9.44. The summed E-state index contributed by atoms with van der Waals surface area (Å²) in [5.41, 5.74) is 0. The first-order valence-electron chi connectivity index (χ1n) is 5.49. The van der Waals surface area contributed by atoms with Crippen LogP contribution in [0.2, 0.25) is 4.34 Å². The predicted molar refractivity (Wildman–Crippen MR) is 66.4 cm³/mol. The first kappa shape index (κ1) is 12.6. The van der Waals surface area contributed by atoms with Crippen molar-refractivity contribution in [1.29, 1.82) is 0 Å². The van der Waals surface area contributed by atoms with Crippen LogP contribution in [0.15, 0.2) is 12.1 Å². The molecule has 17 heavy (non-hydrogen) atoms. The SMILES string of the molecule is COC(=O)C1C(=O)CCCC1c1ccc(Cl)s1. The van der Waals surface area contributed by atoms with Crippen molar-refractivity contribution < 1.29 is 14.3 Å². The lowest BCUT2D eigenvalue weighted by Gasteiger charge is -2.27. The third kappa shape index (κ3) is 2.53. The average molecular weight is 273 g/mol. The van der Waals surface area contributed by atoms with E-state index in [-0.39, 0.29) is 11.7 Å². The van der Waals surface area contributed by atoms with E-state index in [2.05, 4.69) is 0 Å². The Hall–Kier alpha value is -0.870. The third-order valence-electron chi connectivity index (χ3n) is 3.10. The molecule has 1 heterocycles. The molecule has 5 heteroatoms. The monoisotopic (exact) mass is 272 g/mol. The minimum Gasteiger partial charge on any atom is -0.468 e. The highest BCUT2D eigenvalue weighted by molar-refractivity contribution is 7.16. The number of rotatable bonds is 2. The van der Waals surface area contributed by atoms with Gasteiger partial charge in [0.1, 0.15) is 11.7 Å². The van der Waals surface area contributed by atoms with Gasteiger partial charge in [-0.15, -0.1) is 11.3 Å². The van der Waals surface area contributed by atoms with Gasteiger partial charge in [-0.3, -0.25) is 9.59 Å². The molecule has 1 aromatic heterocycles. The lowest BCUT2D eigenvalue weighted by Crippen LogP contribution is -2.34. The van der Waals surface area contributed by atoms with Crippen LogP contribution in [0.25, 0.3) is 0 Å². The summed E-state index contributed by atoms with van der Waals surface area (Å²) in [6, 6.07) is 3.70. The molecule has 0 bridgehead atoms. The number of thiophene rings is 1. The largest absolute Gasteiger partial charge is 0.468 e. The molecule has 0 spiro atoms. The van der Waals surface area contributed by atoms with Gasteiger partial charge in [-0.1, -0.05) is 11.6 Å². The molecule has 0 amide bonds. The van der Waals surface area contributed by atoms with E-state index in [4.69, 9.17) is 16.3 Å². The maximum atomic E-state index is 11.9. The van der Waals surface area contributed by atoms with Crippen LogP contribution in [0.1, 0.15) is 30.1 Å². The molecule has 0 radical (unpaired) electrons. The van der Waals surface area contributed by atoms with Gasteiger partial charge in [-0.05, 0) is 25.0 Å². The average Bonchev–Trinajstić information content (AvgIpc) is 2.74. The van der Waals surface area contributed by atoms with Gasteiger partial charge in [0.25, 0.3) is 0 Å². The maximum absolute atomic E-state index is 11.9. The van der Waals surface area contributed by atoms with Crippen molar-refractivity contribution in [2.45, 2.75) is 25.2 Å². The van der Waals surface area contributed by atoms with Crippen molar-refractivity contribution in [3.63, 3.8) is 0 Å². The summed E-state index contributed by atoms with van der Waals surface area (Å²) in [6.45, 7) is 0. The summed E-state index contributed by atoms with van der Waals surface area (Å²) in [7, 11) is 1.32. The molecule has 1 aromatic rings. The summed E-state index contributed by atoms with van der Waals surface area (Å²) in [4.78, 5) is 24.6. The normalized spacial score (nSPS) is 24.7. The smallest absolute Gasteiger partial charge is 0.316 e. The minimum atomic E-state index is -0.650. The summed E-state index contributed by atoms with van der Waals surface area (Å²) >= 11 is 7.33. The molecule has 0 N–H and O–H groups in total. The molecule has 92 valence electrons. The van der Waals surface area contributed by atoms with Gasteiger partial charge in [-0.25, -0.2) is 0 Å². The number of hydrogen-bond donors (Lipinski definition) is 0. The van der Waals surface area contributed by atoms with Crippen molar-refractivity contribution in [3.05, 3.63) is 21.3 Å². The lowest BCUT2D eigenvalue weighted by molar-refractivity contribution is -0.151. The van der Waals surface area contributed by atoms with E-state index in [0.717, 1.165) is 17.7 Å². The fourth-order valence-corrected chi connectivity index (χ4v) is 3.53. The Morgan fingerprint density at radius 1 is 1.53 bits per heavy atom. The number of carbonyl (C=O) groups is 2. The first-order valence-corrected chi connectivity index (χ1v) is 6.68. The van der Waals surface area contributed by atoms with E-state index in [0.29, 0.717) is 10.8 Å². The Morgan fingerprint density at radius 2 is 2.29 bits per heavy atom. The minimum absolute atomic E-state index is 0.0161. The third-order valence-corrected chi connectivity index (χ3v) is 4.47. The fraction of sp³-hybridized carbons (Fsp3) is 0.500. The number of ether oxygens (including phenoxy) is 1. The van der Waals surface area contributed by atoms with Crippen LogP contribution >= 0.6 is 22.9 Å². The molecule has 1 saturated carbocycles. The van der Waals surface area contributed by atoms with Crippen molar-refractivity contribution >= 4 is 34.7 Å². The van der Waals surface area contributed by atoms with Crippen LogP contribution in [0.4, 0.5) is 0 Å². The second-order valence-corrected chi connectivity index (χ2v) is 5.85. The zero-order valence-corrected chi connectivity index (χ0v) is 11.0. The molecule has 0 aliphatic heterocycles. The number of hydrogen-bond acceptors (Lipinski definition) is 4. The van der Waals surface area contributed by atoms with Gasteiger partial charge < -0.3 is 4.74 Å². The number of methoxy groups -OCH3 is 1. The van der Waals surface area contributed by atoms with Gasteiger partial charge in [-0.2, -0.15) is 0 Å². The highest BCUT2D eigenvalue weighted by Crippen LogP contribution is 2.40. The van der Waals surface area contributed by atoms with Crippen molar-refractivity contribution in [1.82, 2.24) is 0 Å². The Kier molecular flexibility index (Phi) is 3.84. The predicted octanol–water partition coefficient (Wildman–Crippen LogP) is 3.03. The highest BCUT2D eigenvalue weighted by Gasteiger charge is 2.39. The van der Waals surface area contributed by atoms with Crippen molar-refractivity contribution in [2.24, 2.45) is 5.92 Å². The quantitative estimate of drug-likeness (QED) is 0.614. The van der Waals surface area contributed by atoms with Crippen LogP contribution in [-0.2, 0) is 14.3 Å². The highest BCUT2D eigenvalue weighted by atomic mass is 35.5. The topological polar surface area (TPSA) is 43.4 Å². The number of Topliss-reactive ketones (excluding diaryl/α,β-unsaturated/α-hetero) is 1. The second-order valence-electron chi connectivity index (χ2n) is 4.11. The van der Waals surface area contributed by atoms with E-state index in [1.807, 2.05) is 6.07 Å². The summed E-state index contributed by atoms with van der Waals surface area (Å²) in [5, 5.41) is 0. The maximum Gasteiger partial charge on any atom is 0.316 e. The molecule has 1 aliphatic rings. The molecule has 3 nitrogen and oxygen atoms in total. The van der Waals surface area contributed by atoms with Gasteiger partial charge in [0.2, 0.25) is 0 Å². The van der Waals surface area contributed by atoms with Crippen LogP contribution in [0.5, 0.6) is 0 Å². The fourth-order valence-electron chi connectivity index (χ4n) is 2.30. The molecule has 1 fully saturated rings. The summed E-state index contributed by atoms with van der Waals surface area (Å²) < 4.78 is 5.41. The molecule has 0 saturated heterocycles. The van der Waals surface area contributed by atoms with E-state index in [9.17, 15) is 9.59 Å².